The van der Waals surface area contributed by atoms with E-state index >= 15 is 0 Å². The van der Waals surface area contributed by atoms with Crippen LogP contribution in [0.15, 0.2) is 34.9 Å². The van der Waals surface area contributed by atoms with Gasteiger partial charge in [0, 0.05) is 5.56 Å². The van der Waals surface area contributed by atoms with Crippen LogP contribution in [0.2, 0.25) is 0 Å². The van der Waals surface area contributed by atoms with Crippen LogP contribution in [0.1, 0.15) is 33.6 Å². The first-order valence-corrected chi connectivity index (χ1v) is 7.49. The first-order valence-electron chi connectivity index (χ1n) is 6.70. The highest BCUT2D eigenvalue weighted by molar-refractivity contribution is 9.10. The SMILES string of the molecule is Cc1nc(Br)ccc1NC(=O)c1ccc2c(c1)CCC2. The average molecular weight is 331 g/mol. The predicted molar refractivity (Wildman–Crippen MR) is 83.1 cm³/mol. The third-order valence-corrected chi connectivity index (χ3v) is 4.10. The largest absolute Gasteiger partial charge is 0.320 e. The molecule has 4 heteroatoms. The van der Waals surface area contributed by atoms with Crippen LogP contribution in [0.25, 0.3) is 0 Å². The van der Waals surface area contributed by atoms with Gasteiger partial charge in [-0.2, -0.15) is 0 Å². The van der Waals surface area contributed by atoms with Gasteiger partial charge in [0.25, 0.3) is 5.91 Å². The van der Waals surface area contributed by atoms with Gasteiger partial charge in [-0.25, -0.2) is 4.98 Å². The van der Waals surface area contributed by atoms with Crippen molar-refractivity contribution >= 4 is 27.5 Å². The summed E-state index contributed by atoms with van der Waals surface area (Å²) in [6.07, 6.45) is 3.40. The molecule has 1 heterocycles. The number of pyridine rings is 1. The molecule has 3 rings (SSSR count). The molecular weight excluding hydrogens is 316 g/mol. The van der Waals surface area contributed by atoms with Crippen molar-refractivity contribution in [3.05, 3.63) is 57.3 Å². The minimum atomic E-state index is -0.0769. The molecule has 1 aliphatic carbocycles. The minimum absolute atomic E-state index is 0.0769. The van der Waals surface area contributed by atoms with Gasteiger partial charge in [-0.1, -0.05) is 6.07 Å². The number of halogens is 1. The lowest BCUT2D eigenvalue weighted by atomic mass is 10.1. The average Bonchev–Trinajstić information content (AvgIpc) is 2.89. The van der Waals surface area contributed by atoms with Gasteiger partial charge in [0.2, 0.25) is 0 Å². The standard InChI is InChI=1S/C16H15BrN2O/c1-10-14(7-8-15(17)18-10)19-16(20)13-6-5-11-3-2-4-12(11)9-13/h5-9H,2-4H2,1H3,(H,19,20). The monoisotopic (exact) mass is 330 g/mol. The molecule has 3 nitrogen and oxygen atoms in total. The zero-order chi connectivity index (χ0) is 14.1. The van der Waals surface area contributed by atoms with E-state index in [0.29, 0.717) is 5.56 Å². The molecule has 0 bridgehead atoms. The normalized spacial score (nSPS) is 13.1. The van der Waals surface area contributed by atoms with Crippen molar-refractivity contribution < 1.29 is 4.79 Å². The van der Waals surface area contributed by atoms with Crippen LogP contribution in [0.4, 0.5) is 5.69 Å². The molecule has 2 aromatic rings. The Bertz CT molecular complexity index is 682. The molecule has 1 aliphatic rings. The molecule has 0 radical (unpaired) electrons. The molecule has 1 amide bonds. The number of carbonyl (C=O) groups excluding carboxylic acids is 1. The summed E-state index contributed by atoms with van der Waals surface area (Å²) in [4.78, 5) is 16.6. The Labute approximate surface area is 126 Å². The van der Waals surface area contributed by atoms with Crippen LogP contribution in [-0.2, 0) is 12.8 Å². The number of amides is 1. The Morgan fingerprint density at radius 1 is 1.20 bits per heavy atom. The quantitative estimate of drug-likeness (QED) is 0.848. The number of carbonyl (C=O) groups is 1. The summed E-state index contributed by atoms with van der Waals surface area (Å²) in [7, 11) is 0. The molecule has 0 spiro atoms. The second-order valence-electron chi connectivity index (χ2n) is 5.06. The van der Waals surface area contributed by atoms with Gasteiger partial charge in [0.05, 0.1) is 11.4 Å². The number of hydrogen-bond donors (Lipinski definition) is 1. The van der Waals surface area contributed by atoms with E-state index < -0.39 is 0 Å². The summed E-state index contributed by atoms with van der Waals surface area (Å²) < 4.78 is 0.769. The first kappa shape index (κ1) is 13.3. The molecule has 0 fully saturated rings. The maximum atomic E-state index is 12.3. The summed E-state index contributed by atoms with van der Waals surface area (Å²) in [6.45, 7) is 1.88. The maximum absolute atomic E-state index is 12.3. The highest BCUT2D eigenvalue weighted by Crippen LogP contribution is 2.23. The smallest absolute Gasteiger partial charge is 0.255 e. The molecule has 1 aromatic heterocycles. The predicted octanol–water partition coefficient (Wildman–Crippen LogP) is 3.89. The molecule has 0 unspecified atom stereocenters. The van der Waals surface area contributed by atoms with E-state index in [1.165, 1.54) is 17.5 Å². The van der Waals surface area contributed by atoms with Gasteiger partial charge in [0.1, 0.15) is 4.60 Å². The fourth-order valence-electron chi connectivity index (χ4n) is 2.57. The highest BCUT2D eigenvalue weighted by Gasteiger charge is 2.14. The lowest BCUT2D eigenvalue weighted by molar-refractivity contribution is 0.102. The lowest BCUT2D eigenvalue weighted by Gasteiger charge is -2.09. The maximum Gasteiger partial charge on any atom is 0.255 e. The van der Waals surface area contributed by atoms with Crippen molar-refractivity contribution in [2.24, 2.45) is 0 Å². The molecule has 0 saturated heterocycles. The summed E-state index contributed by atoms with van der Waals surface area (Å²) >= 11 is 3.32. The third kappa shape index (κ3) is 2.61. The fourth-order valence-corrected chi connectivity index (χ4v) is 2.97. The summed E-state index contributed by atoms with van der Waals surface area (Å²) in [5.74, 6) is -0.0769. The minimum Gasteiger partial charge on any atom is -0.320 e. The van der Waals surface area contributed by atoms with E-state index in [2.05, 4.69) is 32.3 Å². The third-order valence-electron chi connectivity index (χ3n) is 3.66. The van der Waals surface area contributed by atoms with Crippen molar-refractivity contribution in [3.8, 4) is 0 Å². The van der Waals surface area contributed by atoms with Crippen LogP contribution < -0.4 is 5.32 Å². The van der Waals surface area contributed by atoms with Crippen molar-refractivity contribution in [1.82, 2.24) is 4.98 Å². The molecule has 1 aromatic carbocycles. The van der Waals surface area contributed by atoms with E-state index in [-0.39, 0.29) is 5.91 Å². The van der Waals surface area contributed by atoms with Crippen molar-refractivity contribution in [2.75, 3.05) is 5.32 Å². The van der Waals surface area contributed by atoms with Gasteiger partial charge in [-0.3, -0.25) is 4.79 Å². The van der Waals surface area contributed by atoms with Crippen LogP contribution in [-0.4, -0.2) is 10.9 Å². The van der Waals surface area contributed by atoms with E-state index in [4.69, 9.17) is 0 Å². The Hall–Kier alpha value is -1.68. The second-order valence-corrected chi connectivity index (χ2v) is 5.87. The number of aryl methyl sites for hydroxylation is 3. The van der Waals surface area contributed by atoms with E-state index in [9.17, 15) is 4.79 Å². The number of benzene rings is 1. The number of nitrogens with zero attached hydrogens (tertiary/aromatic N) is 1. The van der Waals surface area contributed by atoms with Gasteiger partial charge in [-0.15, -0.1) is 0 Å². The molecule has 1 N–H and O–H groups in total. The van der Waals surface area contributed by atoms with Crippen LogP contribution in [0, 0.1) is 6.92 Å². The fraction of sp³-hybridized carbons (Fsp3) is 0.250. The second kappa shape index (κ2) is 5.37. The van der Waals surface area contributed by atoms with Crippen LogP contribution in [0.5, 0.6) is 0 Å². The van der Waals surface area contributed by atoms with Gasteiger partial charge in [-0.05, 0) is 77.5 Å². The summed E-state index contributed by atoms with van der Waals surface area (Å²) in [5, 5.41) is 2.92. The van der Waals surface area contributed by atoms with Gasteiger partial charge < -0.3 is 5.32 Å². The van der Waals surface area contributed by atoms with Crippen molar-refractivity contribution in [3.63, 3.8) is 0 Å². The number of anilines is 1. The topological polar surface area (TPSA) is 42.0 Å². The van der Waals surface area contributed by atoms with E-state index in [0.717, 1.165) is 28.8 Å². The first-order chi connectivity index (χ1) is 9.63. The molecule has 0 atom stereocenters. The molecule has 102 valence electrons. The van der Waals surface area contributed by atoms with Gasteiger partial charge >= 0.3 is 0 Å². The summed E-state index contributed by atoms with van der Waals surface area (Å²) in [5.41, 5.74) is 4.95. The number of fused-ring (bicyclic) bond motifs is 1. The van der Waals surface area contributed by atoms with Crippen LogP contribution >= 0.6 is 15.9 Å². The lowest BCUT2D eigenvalue weighted by Crippen LogP contribution is -2.13. The molecular formula is C16H15BrN2O. The van der Waals surface area contributed by atoms with Crippen molar-refractivity contribution in [1.29, 1.82) is 0 Å². The number of rotatable bonds is 2. The Balaban J connectivity index is 1.82. The van der Waals surface area contributed by atoms with Crippen molar-refractivity contribution in [2.45, 2.75) is 26.2 Å². The zero-order valence-corrected chi connectivity index (χ0v) is 12.8. The zero-order valence-electron chi connectivity index (χ0n) is 11.2. The highest BCUT2D eigenvalue weighted by atomic mass is 79.9. The Morgan fingerprint density at radius 2 is 2.00 bits per heavy atom. The van der Waals surface area contributed by atoms with Crippen LogP contribution in [0.3, 0.4) is 0 Å². The van der Waals surface area contributed by atoms with E-state index in [1.54, 1.807) is 0 Å². The number of aromatic nitrogens is 1. The molecule has 0 aliphatic heterocycles. The van der Waals surface area contributed by atoms with Gasteiger partial charge in [0.15, 0.2) is 0 Å². The van der Waals surface area contributed by atoms with E-state index in [1.807, 2.05) is 31.2 Å². The molecule has 20 heavy (non-hydrogen) atoms. The summed E-state index contributed by atoms with van der Waals surface area (Å²) in [6, 6.07) is 9.67. The molecule has 0 saturated carbocycles. The number of nitrogens with one attached hydrogen (secondary N) is 1. The Kier molecular flexibility index (Phi) is 3.57. The Morgan fingerprint density at radius 3 is 2.80 bits per heavy atom. The number of hydrogen-bond acceptors (Lipinski definition) is 2.